The van der Waals surface area contributed by atoms with Gasteiger partial charge in [0.25, 0.3) is 0 Å². The molecule has 0 aliphatic rings. The van der Waals surface area contributed by atoms with Crippen molar-refractivity contribution >= 4 is 21.9 Å². The van der Waals surface area contributed by atoms with Crippen LogP contribution in [0.5, 0.6) is 11.5 Å². The minimum Gasteiger partial charge on any atom is -0.490 e. The molecule has 0 aromatic heterocycles. The number of aliphatic carboxylic acids is 1. The van der Waals surface area contributed by atoms with E-state index in [4.69, 9.17) is 9.84 Å². The summed E-state index contributed by atoms with van der Waals surface area (Å²) in [6.45, 7) is 2.89. The first-order valence-corrected chi connectivity index (χ1v) is 7.91. The van der Waals surface area contributed by atoms with Crippen molar-refractivity contribution in [1.82, 2.24) is 5.32 Å². The van der Waals surface area contributed by atoms with Crippen molar-refractivity contribution in [2.24, 2.45) is 5.92 Å². The van der Waals surface area contributed by atoms with E-state index in [-0.39, 0.29) is 30.6 Å². The van der Waals surface area contributed by atoms with Gasteiger partial charge in [-0.05, 0) is 46.5 Å². The molecule has 1 aromatic rings. The summed E-state index contributed by atoms with van der Waals surface area (Å²) in [4.78, 5) is 11.2. The summed E-state index contributed by atoms with van der Waals surface area (Å²) in [5.74, 6) is -0.940. The number of carboxylic acid groups (broad SMARTS) is 1. The Balaban J connectivity index is 2.98. The van der Waals surface area contributed by atoms with Gasteiger partial charge in [0.2, 0.25) is 0 Å². The number of halogens is 3. The lowest BCUT2D eigenvalue weighted by Gasteiger charge is -2.19. The molecular formula is C15H20BrF2NO4. The lowest BCUT2D eigenvalue weighted by atomic mass is 10.0. The minimum absolute atomic E-state index is 0.0794. The highest BCUT2D eigenvalue weighted by molar-refractivity contribution is 9.10. The van der Waals surface area contributed by atoms with E-state index in [0.717, 1.165) is 0 Å². The topological polar surface area (TPSA) is 67.8 Å². The fourth-order valence-corrected chi connectivity index (χ4v) is 2.61. The molecule has 1 aromatic carbocycles. The maximum absolute atomic E-state index is 12.5. The quantitative estimate of drug-likeness (QED) is 0.667. The summed E-state index contributed by atoms with van der Waals surface area (Å²) in [6, 6.07) is 2.44. The highest BCUT2D eigenvalue weighted by atomic mass is 79.9. The second kappa shape index (κ2) is 9.02. The standard InChI is InChI=1S/C15H20BrF2NO4/c1-4-22-11-6-9(5-10(16)13(11)23-15(17)18)7-19-12(8(2)3)14(20)21/h5-6,8,12,15,19H,4,7H2,1-3H3,(H,20,21)/t12-/m0/s1. The van der Waals surface area contributed by atoms with Gasteiger partial charge >= 0.3 is 12.6 Å². The monoisotopic (exact) mass is 395 g/mol. The van der Waals surface area contributed by atoms with Crippen LogP contribution in [-0.2, 0) is 11.3 Å². The SMILES string of the molecule is CCOc1cc(CN[C@H](C(=O)O)C(C)C)cc(Br)c1OC(F)F. The first-order valence-electron chi connectivity index (χ1n) is 7.12. The molecule has 23 heavy (non-hydrogen) atoms. The van der Waals surface area contributed by atoms with Crippen LogP contribution in [0, 0.1) is 5.92 Å². The molecule has 1 rings (SSSR count). The van der Waals surface area contributed by atoms with Crippen molar-refractivity contribution in [2.75, 3.05) is 6.61 Å². The lowest BCUT2D eigenvalue weighted by molar-refractivity contribution is -0.140. The zero-order chi connectivity index (χ0) is 17.6. The molecule has 0 amide bonds. The van der Waals surface area contributed by atoms with Crippen LogP contribution in [0.2, 0.25) is 0 Å². The number of rotatable bonds is 9. The molecule has 0 fully saturated rings. The van der Waals surface area contributed by atoms with Gasteiger partial charge in [0.15, 0.2) is 11.5 Å². The highest BCUT2D eigenvalue weighted by Crippen LogP contribution is 2.38. The predicted octanol–water partition coefficient (Wildman–Crippen LogP) is 3.65. The summed E-state index contributed by atoms with van der Waals surface area (Å²) in [5.41, 5.74) is 0.689. The largest absolute Gasteiger partial charge is 0.490 e. The van der Waals surface area contributed by atoms with Crippen LogP contribution < -0.4 is 14.8 Å². The first kappa shape index (κ1) is 19.6. The molecule has 0 aliphatic carbocycles. The van der Waals surface area contributed by atoms with E-state index in [1.165, 1.54) is 0 Å². The van der Waals surface area contributed by atoms with Gasteiger partial charge in [0.1, 0.15) is 6.04 Å². The third-order valence-electron chi connectivity index (χ3n) is 3.03. The zero-order valence-electron chi connectivity index (χ0n) is 13.1. The fourth-order valence-electron chi connectivity index (χ4n) is 2.03. The minimum atomic E-state index is -2.97. The Kier molecular flexibility index (Phi) is 7.70. The number of ether oxygens (including phenoxy) is 2. The van der Waals surface area contributed by atoms with Crippen molar-refractivity contribution in [3.63, 3.8) is 0 Å². The smallest absolute Gasteiger partial charge is 0.387 e. The molecule has 0 aliphatic heterocycles. The summed E-state index contributed by atoms with van der Waals surface area (Å²) in [5, 5.41) is 12.1. The lowest BCUT2D eigenvalue weighted by Crippen LogP contribution is -2.40. The molecule has 0 unspecified atom stereocenters. The summed E-state index contributed by atoms with van der Waals surface area (Å²) in [7, 11) is 0. The molecule has 0 saturated carbocycles. The van der Waals surface area contributed by atoms with E-state index < -0.39 is 18.6 Å². The van der Waals surface area contributed by atoms with Crippen molar-refractivity contribution in [3.05, 3.63) is 22.2 Å². The number of carbonyl (C=O) groups is 1. The van der Waals surface area contributed by atoms with Crippen molar-refractivity contribution in [2.45, 2.75) is 40.0 Å². The Bertz CT molecular complexity index is 540. The van der Waals surface area contributed by atoms with Gasteiger partial charge in [0, 0.05) is 6.54 Å². The molecule has 1 atom stereocenters. The number of nitrogens with one attached hydrogen (secondary N) is 1. The average molecular weight is 396 g/mol. The zero-order valence-corrected chi connectivity index (χ0v) is 14.7. The Morgan fingerprint density at radius 2 is 2.04 bits per heavy atom. The summed E-state index contributed by atoms with van der Waals surface area (Å²) >= 11 is 3.18. The second-order valence-electron chi connectivity index (χ2n) is 5.16. The van der Waals surface area contributed by atoms with E-state index in [0.29, 0.717) is 10.0 Å². The predicted molar refractivity (Wildman–Crippen MR) is 85.0 cm³/mol. The summed E-state index contributed by atoms with van der Waals surface area (Å²) in [6.07, 6.45) is 0. The number of carboxylic acids is 1. The van der Waals surface area contributed by atoms with Gasteiger partial charge in [-0.1, -0.05) is 13.8 Å². The first-order chi connectivity index (χ1) is 10.8. The van der Waals surface area contributed by atoms with Crippen LogP contribution in [0.15, 0.2) is 16.6 Å². The van der Waals surface area contributed by atoms with Crippen LogP contribution in [0.3, 0.4) is 0 Å². The van der Waals surface area contributed by atoms with Crippen LogP contribution in [0.25, 0.3) is 0 Å². The average Bonchev–Trinajstić information content (AvgIpc) is 2.42. The molecule has 0 saturated heterocycles. The number of benzene rings is 1. The number of hydrogen-bond acceptors (Lipinski definition) is 4. The maximum atomic E-state index is 12.5. The van der Waals surface area contributed by atoms with Crippen LogP contribution in [0.4, 0.5) is 8.78 Å². The van der Waals surface area contributed by atoms with E-state index in [1.54, 1.807) is 32.9 Å². The Morgan fingerprint density at radius 3 is 2.52 bits per heavy atom. The van der Waals surface area contributed by atoms with Gasteiger partial charge in [-0.15, -0.1) is 0 Å². The Morgan fingerprint density at radius 1 is 1.39 bits per heavy atom. The maximum Gasteiger partial charge on any atom is 0.387 e. The number of hydrogen-bond donors (Lipinski definition) is 2. The van der Waals surface area contributed by atoms with Crippen LogP contribution in [-0.4, -0.2) is 30.3 Å². The van der Waals surface area contributed by atoms with Crippen LogP contribution in [0.1, 0.15) is 26.3 Å². The molecular weight excluding hydrogens is 376 g/mol. The van der Waals surface area contributed by atoms with Gasteiger partial charge in [-0.2, -0.15) is 8.78 Å². The van der Waals surface area contributed by atoms with Crippen LogP contribution >= 0.6 is 15.9 Å². The third-order valence-corrected chi connectivity index (χ3v) is 3.62. The van der Waals surface area contributed by atoms with Gasteiger partial charge < -0.3 is 19.9 Å². The van der Waals surface area contributed by atoms with E-state index >= 15 is 0 Å². The van der Waals surface area contributed by atoms with Gasteiger partial charge in [-0.25, -0.2) is 0 Å². The molecule has 130 valence electrons. The van der Waals surface area contributed by atoms with Crippen molar-refractivity contribution in [1.29, 1.82) is 0 Å². The van der Waals surface area contributed by atoms with E-state index in [9.17, 15) is 13.6 Å². The molecule has 0 heterocycles. The van der Waals surface area contributed by atoms with E-state index in [2.05, 4.69) is 26.0 Å². The molecule has 0 bridgehead atoms. The Labute approximate surface area is 142 Å². The fraction of sp³-hybridized carbons (Fsp3) is 0.533. The molecule has 8 heteroatoms. The van der Waals surface area contributed by atoms with Crippen molar-refractivity contribution in [3.8, 4) is 11.5 Å². The molecule has 0 radical (unpaired) electrons. The van der Waals surface area contributed by atoms with Gasteiger partial charge in [-0.3, -0.25) is 4.79 Å². The third kappa shape index (κ3) is 5.95. The Hall–Kier alpha value is -1.41. The molecule has 0 spiro atoms. The van der Waals surface area contributed by atoms with Gasteiger partial charge in [0.05, 0.1) is 11.1 Å². The molecule has 5 nitrogen and oxygen atoms in total. The normalized spacial score (nSPS) is 12.5. The second-order valence-corrected chi connectivity index (χ2v) is 6.01. The van der Waals surface area contributed by atoms with Crippen molar-refractivity contribution < 1.29 is 28.2 Å². The van der Waals surface area contributed by atoms with E-state index in [1.807, 2.05) is 0 Å². The number of alkyl halides is 2. The molecule has 2 N–H and O–H groups in total. The summed E-state index contributed by atoms with van der Waals surface area (Å²) < 4.78 is 35.1. The highest BCUT2D eigenvalue weighted by Gasteiger charge is 2.21.